The second-order valence-corrected chi connectivity index (χ2v) is 5.99. The smallest absolute Gasteiger partial charge is 0.235 e. The van der Waals surface area contributed by atoms with Crippen LogP contribution in [0.15, 0.2) is 18.2 Å². The number of fused-ring (bicyclic) bond motifs is 1. The number of hydrogen-bond acceptors (Lipinski definition) is 5. The number of benzene rings is 1. The molecule has 0 aromatic heterocycles. The molecule has 1 aliphatic heterocycles. The van der Waals surface area contributed by atoms with E-state index < -0.39 is 0 Å². The van der Waals surface area contributed by atoms with Crippen LogP contribution >= 0.6 is 0 Å². The fourth-order valence-electron chi connectivity index (χ4n) is 2.28. The van der Waals surface area contributed by atoms with Crippen LogP contribution in [0.3, 0.4) is 0 Å². The maximum Gasteiger partial charge on any atom is 0.235 e. The van der Waals surface area contributed by atoms with Crippen molar-refractivity contribution in [2.24, 2.45) is 0 Å². The van der Waals surface area contributed by atoms with Gasteiger partial charge < -0.3 is 19.7 Å². The molecule has 1 N–H and O–H groups in total. The first-order valence-corrected chi connectivity index (χ1v) is 7.46. The SMILES string of the molecule is CC(Cc1ccc2c(c1)OCO2)N(C)CNC(=O)CN(C)C. The van der Waals surface area contributed by atoms with E-state index in [0.29, 0.717) is 26.0 Å². The van der Waals surface area contributed by atoms with Gasteiger partial charge in [-0.2, -0.15) is 0 Å². The molecule has 2 rings (SSSR count). The van der Waals surface area contributed by atoms with Crippen LogP contribution < -0.4 is 14.8 Å². The van der Waals surface area contributed by atoms with Crippen molar-refractivity contribution in [1.29, 1.82) is 0 Å². The van der Waals surface area contributed by atoms with Gasteiger partial charge in [0.15, 0.2) is 11.5 Å². The molecule has 1 unspecified atom stereocenters. The van der Waals surface area contributed by atoms with Gasteiger partial charge in [-0.25, -0.2) is 0 Å². The molecule has 0 radical (unpaired) electrons. The van der Waals surface area contributed by atoms with E-state index in [1.165, 1.54) is 5.56 Å². The average Bonchev–Trinajstić information content (AvgIpc) is 2.91. The zero-order chi connectivity index (χ0) is 16.1. The highest BCUT2D eigenvalue weighted by Gasteiger charge is 2.16. The number of hydrogen-bond donors (Lipinski definition) is 1. The van der Waals surface area contributed by atoms with E-state index in [-0.39, 0.29) is 5.91 Å². The standard InChI is InChI=1S/C16H25N3O3/c1-12(19(4)10-17-16(20)9-18(2)3)7-13-5-6-14-15(8-13)22-11-21-14/h5-6,8,12H,7,9-11H2,1-4H3,(H,17,20). The number of carbonyl (C=O) groups is 1. The summed E-state index contributed by atoms with van der Waals surface area (Å²) in [4.78, 5) is 15.6. The molecule has 6 heteroatoms. The summed E-state index contributed by atoms with van der Waals surface area (Å²) < 4.78 is 10.7. The molecule has 0 saturated heterocycles. The lowest BCUT2D eigenvalue weighted by Gasteiger charge is -2.25. The quantitative estimate of drug-likeness (QED) is 0.759. The summed E-state index contributed by atoms with van der Waals surface area (Å²) in [6.45, 7) is 3.39. The van der Waals surface area contributed by atoms with Crippen molar-refractivity contribution in [1.82, 2.24) is 15.1 Å². The van der Waals surface area contributed by atoms with Crippen molar-refractivity contribution in [2.75, 3.05) is 41.1 Å². The molecule has 0 spiro atoms. The Morgan fingerprint density at radius 3 is 2.73 bits per heavy atom. The van der Waals surface area contributed by atoms with Gasteiger partial charge in [0.2, 0.25) is 12.7 Å². The number of rotatable bonds is 7. The first kappa shape index (κ1) is 16.6. The monoisotopic (exact) mass is 307 g/mol. The number of amides is 1. The normalized spacial score (nSPS) is 14.5. The molecule has 1 heterocycles. The molecule has 1 atom stereocenters. The minimum absolute atomic E-state index is 0.0344. The van der Waals surface area contributed by atoms with Crippen molar-refractivity contribution >= 4 is 5.91 Å². The molecule has 0 aliphatic carbocycles. The first-order valence-electron chi connectivity index (χ1n) is 7.46. The maximum absolute atomic E-state index is 11.7. The molecule has 6 nitrogen and oxygen atoms in total. The van der Waals surface area contributed by atoms with E-state index in [2.05, 4.69) is 23.2 Å². The van der Waals surface area contributed by atoms with Gasteiger partial charge in [-0.1, -0.05) is 6.07 Å². The Balaban J connectivity index is 1.81. The molecule has 0 bridgehead atoms. The summed E-state index contributed by atoms with van der Waals surface area (Å²) in [5.41, 5.74) is 1.20. The fourth-order valence-corrected chi connectivity index (χ4v) is 2.28. The highest BCUT2D eigenvalue weighted by atomic mass is 16.7. The van der Waals surface area contributed by atoms with Crippen LogP contribution in [0.2, 0.25) is 0 Å². The Morgan fingerprint density at radius 1 is 1.27 bits per heavy atom. The predicted molar refractivity (Wildman–Crippen MR) is 85.1 cm³/mol. The Bertz CT molecular complexity index is 519. The lowest BCUT2D eigenvalue weighted by Crippen LogP contribution is -2.43. The molecule has 1 aliphatic rings. The molecule has 122 valence electrons. The minimum atomic E-state index is 0.0344. The van der Waals surface area contributed by atoms with Crippen molar-refractivity contribution in [3.8, 4) is 11.5 Å². The first-order chi connectivity index (χ1) is 10.5. The van der Waals surface area contributed by atoms with Crippen LogP contribution in [-0.4, -0.2) is 62.9 Å². The zero-order valence-corrected chi connectivity index (χ0v) is 13.8. The van der Waals surface area contributed by atoms with Gasteiger partial charge in [-0.15, -0.1) is 0 Å². The van der Waals surface area contributed by atoms with Gasteiger partial charge in [-0.3, -0.25) is 9.69 Å². The summed E-state index contributed by atoms with van der Waals surface area (Å²) in [6, 6.07) is 6.34. The van der Waals surface area contributed by atoms with E-state index in [1.54, 1.807) is 0 Å². The molecular weight excluding hydrogens is 282 g/mol. The van der Waals surface area contributed by atoms with E-state index in [0.717, 1.165) is 17.9 Å². The topological polar surface area (TPSA) is 54.0 Å². The molecule has 1 amide bonds. The summed E-state index contributed by atoms with van der Waals surface area (Å²) in [6.07, 6.45) is 0.886. The number of nitrogens with one attached hydrogen (secondary N) is 1. The van der Waals surface area contributed by atoms with E-state index in [1.807, 2.05) is 38.2 Å². The summed E-state index contributed by atoms with van der Waals surface area (Å²) >= 11 is 0. The third-order valence-electron chi connectivity index (χ3n) is 3.71. The minimum Gasteiger partial charge on any atom is -0.454 e. The van der Waals surface area contributed by atoms with Crippen LogP contribution in [0.5, 0.6) is 11.5 Å². The number of ether oxygens (including phenoxy) is 2. The van der Waals surface area contributed by atoms with Crippen LogP contribution in [0.4, 0.5) is 0 Å². The number of nitrogens with zero attached hydrogens (tertiary/aromatic N) is 2. The van der Waals surface area contributed by atoms with Gasteiger partial charge in [0.25, 0.3) is 0 Å². The van der Waals surface area contributed by atoms with E-state index >= 15 is 0 Å². The lowest BCUT2D eigenvalue weighted by atomic mass is 10.1. The van der Waals surface area contributed by atoms with E-state index in [4.69, 9.17) is 9.47 Å². The molecule has 22 heavy (non-hydrogen) atoms. The van der Waals surface area contributed by atoms with Crippen LogP contribution in [0.1, 0.15) is 12.5 Å². The number of likely N-dealkylation sites (N-methyl/N-ethyl adjacent to an activating group) is 2. The van der Waals surface area contributed by atoms with Gasteiger partial charge >= 0.3 is 0 Å². The van der Waals surface area contributed by atoms with Crippen LogP contribution in [0.25, 0.3) is 0 Å². The summed E-state index contributed by atoms with van der Waals surface area (Å²) in [5.74, 6) is 1.65. The summed E-state index contributed by atoms with van der Waals surface area (Å²) in [7, 11) is 5.77. The molecule has 1 aromatic rings. The van der Waals surface area contributed by atoms with Crippen molar-refractivity contribution < 1.29 is 14.3 Å². The highest BCUT2D eigenvalue weighted by Crippen LogP contribution is 2.32. The van der Waals surface area contributed by atoms with Gasteiger partial charge in [0.05, 0.1) is 13.2 Å². The van der Waals surface area contributed by atoms with Crippen molar-refractivity contribution in [2.45, 2.75) is 19.4 Å². The van der Waals surface area contributed by atoms with Gasteiger partial charge in [0.1, 0.15) is 0 Å². The van der Waals surface area contributed by atoms with Crippen LogP contribution in [-0.2, 0) is 11.2 Å². The Kier molecular flexibility index (Phi) is 5.63. The third-order valence-corrected chi connectivity index (χ3v) is 3.71. The zero-order valence-electron chi connectivity index (χ0n) is 13.8. The maximum atomic E-state index is 11.7. The van der Waals surface area contributed by atoms with Crippen LogP contribution in [0, 0.1) is 0 Å². The molecule has 0 fully saturated rings. The Labute approximate surface area is 132 Å². The largest absolute Gasteiger partial charge is 0.454 e. The van der Waals surface area contributed by atoms with Crippen molar-refractivity contribution in [3.05, 3.63) is 23.8 Å². The van der Waals surface area contributed by atoms with E-state index in [9.17, 15) is 4.79 Å². The fraction of sp³-hybridized carbons (Fsp3) is 0.562. The van der Waals surface area contributed by atoms with Gasteiger partial charge in [-0.05, 0) is 52.2 Å². The number of carbonyl (C=O) groups excluding carboxylic acids is 1. The lowest BCUT2D eigenvalue weighted by molar-refractivity contribution is -0.122. The second kappa shape index (κ2) is 7.47. The average molecular weight is 307 g/mol. The van der Waals surface area contributed by atoms with Crippen molar-refractivity contribution in [3.63, 3.8) is 0 Å². The van der Waals surface area contributed by atoms with Gasteiger partial charge in [0, 0.05) is 6.04 Å². The predicted octanol–water partition coefficient (Wildman–Crippen LogP) is 0.913. The Morgan fingerprint density at radius 2 is 2.00 bits per heavy atom. The highest BCUT2D eigenvalue weighted by molar-refractivity contribution is 5.77. The second-order valence-electron chi connectivity index (χ2n) is 5.99. The summed E-state index contributed by atoms with van der Waals surface area (Å²) in [5, 5.41) is 2.92. The molecule has 0 saturated carbocycles. The Hall–Kier alpha value is -1.79. The molecule has 1 aromatic carbocycles. The third kappa shape index (κ3) is 4.61. The molecular formula is C16H25N3O3.